The number of amides is 1. The van der Waals surface area contributed by atoms with Crippen LogP contribution in [0.15, 0.2) is 58.2 Å². The number of nitrogens with one attached hydrogen (secondary N) is 1. The molecule has 3 aromatic rings. The summed E-state index contributed by atoms with van der Waals surface area (Å²) in [4.78, 5) is 23.9. The predicted molar refractivity (Wildman–Crippen MR) is 105 cm³/mol. The Bertz CT molecular complexity index is 1020. The first-order chi connectivity index (χ1) is 13.5. The molecule has 0 spiro atoms. The number of hydrogen-bond donors (Lipinski definition) is 1. The van der Waals surface area contributed by atoms with Gasteiger partial charge < -0.3 is 13.7 Å². The number of rotatable bonds is 6. The van der Waals surface area contributed by atoms with Gasteiger partial charge in [-0.05, 0) is 57.2 Å². The highest BCUT2D eigenvalue weighted by molar-refractivity contribution is 5.92. The molecular weight excluding hydrogens is 358 g/mol. The molecule has 1 amide bonds. The molecule has 0 bridgehead atoms. The molecule has 0 fully saturated rings. The van der Waals surface area contributed by atoms with Crippen LogP contribution in [-0.4, -0.2) is 29.3 Å². The van der Waals surface area contributed by atoms with Crippen LogP contribution in [0.2, 0.25) is 0 Å². The van der Waals surface area contributed by atoms with E-state index < -0.39 is 5.91 Å². The predicted octanol–water partition coefficient (Wildman–Crippen LogP) is 3.63. The molecule has 0 aliphatic carbocycles. The van der Waals surface area contributed by atoms with Gasteiger partial charge in [-0.2, -0.15) is 5.10 Å². The van der Waals surface area contributed by atoms with Crippen LogP contribution in [0.25, 0.3) is 5.69 Å². The molecular formula is C21H21N3O4. The molecule has 2 aromatic heterocycles. The van der Waals surface area contributed by atoms with E-state index in [0.717, 1.165) is 22.6 Å². The maximum Gasteiger partial charge on any atom is 0.338 e. The number of ether oxygens (including phenoxy) is 1. The van der Waals surface area contributed by atoms with Crippen molar-refractivity contribution < 1.29 is 18.7 Å². The van der Waals surface area contributed by atoms with Crippen molar-refractivity contribution >= 4 is 18.1 Å². The Morgan fingerprint density at radius 1 is 1.21 bits per heavy atom. The molecule has 0 radical (unpaired) electrons. The zero-order chi connectivity index (χ0) is 20.1. The van der Waals surface area contributed by atoms with E-state index in [1.165, 1.54) is 6.26 Å². The Kier molecular flexibility index (Phi) is 5.74. The third-order valence-corrected chi connectivity index (χ3v) is 4.20. The largest absolute Gasteiger partial charge is 0.462 e. The van der Waals surface area contributed by atoms with Crippen LogP contribution < -0.4 is 5.43 Å². The van der Waals surface area contributed by atoms with Gasteiger partial charge in [-0.1, -0.05) is 6.07 Å². The zero-order valence-electron chi connectivity index (χ0n) is 15.9. The van der Waals surface area contributed by atoms with Gasteiger partial charge in [0.15, 0.2) is 5.76 Å². The van der Waals surface area contributed by atoms with E-state index in [1.54, 1.807) is 37.4 Å². The van der Waals surface area contributed by atoms with Crippen molar-refractivity contribution in [3.05, 3.63) is 77.0 Å². The highest BCUT2D eigenvalue weighted by Gasteiger charge is 2.13. The van der Waals surface area contributed by atoms with Crippen molar-refractivity contribution in [2.45, 2.75) is 20.8 Å². The number of aromatic nitrogens is 1. The Morgan fingerprint density at radius 2 is 2.04 bits per heavy atom. The fraction of sp³-hybridized carbons (Fsp3) is 0.190. The van der Waals surface area contributed by atoms with Gasteiger partial charge in [-0.3, -0.25) is 4.79 Å². The fourth-order valence-electron chi connectivity index (χ4n) is 2.93. The van der Waals surface area contributed by atoms with Crippen LogP contribution in [0.4, 0.5) is 0 Å². The molecule has 1 aromatic carbocycles. The van der Waals surface area contributed by atoms with Crippen LogP contribution in [0.3, 0.4) is 0 Å². The van der Waals surface area contributed by atoms with Gasteiger partial charge in [-0.25, -0.2) is 10.2 Å². The van der Waals surface area contributed by atoms with E-state index in [9.17, 15) is 9.59 Å². The summed E-state index contributed by atoms with van der Waals surface area (Å²) in [5, 5.41) is 4.00. The Labute approximate surface area is 162 Å². The van der Waals surface area contributed by atoms with Crippen molar-refractivity contribution in [1.29, 1.82) is 0 Å². The molecule has 7 nitrogen and oxygen atoms in total. The topological polar surface area (TPSA) is 85.8 Å². The highest BCUT2D eigenvalue weighted by Crippen LogP contribution is 2.21. The minimum Gasteiger partial charge on any atom is -0.462 e. The van der Waals surface area contributed by atoms with Gasteiger partial charge >= 0.3 is 11.9 Å². The van der Waals surface area contributed by atoms with Crippen LogP contribution in [0.5, 0.6) is 0 Å². The Hall–Kier alpha value is -3.61. The molecule has 0 unspecified atom stereocenters. The monoisotopic (exact) mass is 379 g/mol. The number of hydrazone groups is 1. The minimum atomic E-state index is -0.419. The number of nitrogens with zero attached hydrogens (tertiary/aromatic N) is 2. The maximum atomic E-state index is 12.0. The average Bonchev–Trinajstić information content (AvgIpc) is 3.31. The third kappa shape index (κ3) is 4.03. The smallest absolute Gasteiger partial charge is 0.338 e. The summed E-state index contributed by atoms with van der Waals surface area (Å²) in [6, 6.07) is 12.4. The lowest BCUT2D eigenvalue weighted by Crippen LogP contribution is -2.16. The molecule has 1 N–H and O–H groups in total. The summed E-state index contributed by atoms with van der Waals surface area (Å²) in [7, 11) is 0. The van der Waals surface area contributed by atoms with Crippen LogP contribution in [0, 0.1) is 13.8 Å². The Balaban J connectivity index is 1.82. The van der Waals surface area contributed by atoms with Gasteiger partial charge in [0.1, 0.15) is 0 Å². The molecule has 0 atom stereocenters. The van der Waals surface area contributed by atoms with Crippen molar-refractivity contribution in [3.63, 3.8) is 0 Å². The number of aryl methyl sites for hydroxylation is 1. The molecule has 2 heterocycles. The quantitative estimate of drug-likeness (QED) is 0.403. The summed E-state index contributed by atoms with van der Waals surface area (Å²) >= 11 is 0. The van der Waals surface area contributed by atoms with Crippen molar-refractivity contribution in [2.75, 3.05) is 6.61 Å². The number of furan rings is 1. The summed E-state index contributed by atoms with van der Waals surface area (Å²) in [5.74, 6) is -0.579. The average molecular weight is 379 g/mol. The van der Waals surface area contributed by atoms with Crippen LogP contribution in [-0.2, 0) is 4.74 Å². The van der Waals surface area contributed by atoms with E-state index in [2.05, 4.69) is 10.5 Å². The van der Waals surface area contributed by atoms with Gasteiger partial charge in [0.2, 0.25) is 0 Å². The number of carbonyl (C=O) groups is 2. The number of hydrogen-bond acceptors (Lipinski definition) is 5. The lowest BCUT2D eigenvalue weighted by molar-refractivity contribution is 0.0526. The fourth-order valence-corrected chi connectivity index (χ4v) is 2.93. The molecule has 144 valence electrons. The second-order valence-corrected chi connectivity index (χ2v) is 6.11. The van der Waals surface area contributed by atoms with Gasteiger partial charge in [0.25, 0.3) is 0 Å². The standard InChI is InChI=1S/C21H21N3O4/c1-4-27-21(26)16-7-5-8-18(12-16)24-14(2)11-17(15(24)3)13-22-23-20(25)19-9-6-10-28-19/h5-13H,4H2,1-3H3,(H,23,25)/b22-13-. The first-order valence-electron chi connectivity index (χ1n) is 8.84. The van der Waals surface area contributed by atoms with Crippen molar-refractivity contribution in [1.82, 2.24) is 9.99 Å². The van der Waals surface area contributed by atoms with Crippen molar-refractivity contribution in [2.24, 2.45) is 5.10 Å². The highest BCUT2D eigenvalue weighted by atomic mass is 16.5. The third-order valence-electron chi connectivity index (χ3n) is 4.20. The molecule has 28 heavy (non-hydrogen) atoms. The van der Waals surface area contributed by atoms with Gasteiger partial charge in [0.05, 0.1) is 24.6 Å². The first kappa shape index (κ1) is 19.2. The summed E-state index contributed by atoms with van der Waals surface area (Å²) in [5.41, 5.74) is 6.52. The van der Waals surface area contributed by atoms with Crippen LogP contribution >= 0.6 is 0 Å². The zero-order valence-corrected chi connectivity index (χ0v) is 15.9. The molecule has 0 aliphatic rings. The van der Waals surface area contributed by atoms with E-state index in [-0.39, 0.29) is 11.7 Å². The molecule has 0 aliphatic heterocycles. The normalized spacial score (nSPS) is 11.0. The van der Waals surface area contributed by atoms with Crippen LogP contribution in [0.1, 0.15) is 44.8 Å². The molecule has 3 rings (SSSR count). The molecule has 0 saturated carbocycles. The second-order valence-electron chi connectivity index (χ2n) is 6.11. The van der Waals surface area contributed by atoms with Gasteiger partial charge in [0, 0.05) is 22.6 Å². The maximum absolute atomic E-state index is 12.0. The first-order valence-corrected chi connectivity index (χ1v) is 8.84. The number of carbonyl (C=O) groups excluding carboxylic acids is 2. The minimum absolute atomic E-state index is 0.193. The van der Waals surface area contributed by atoms with E-state index in [1.807, 2.05) is 36.6 Å². The summed E-state index contributed by atoms with van der Waals surface area (Å²) < 4.78 is 12.1. The second kappa shape index (κ2) is 8.39. The lowest BCUT2D eigenvalue weighted by Gasteiger charge is -2.11. The van der Waals surface area contributed by atoms with E-state index in [0.29, 0.717) is 12.2 Å². The lowest BCUT2D eigenvalue weighted by atomic mass is 10.2. The molecule has 7 heteroatoms. The van der Waals surface area contributed by atoms with E-state index >= 15 is 0 Å². The SMILES string of the molecule is CCOC(=O)c1cccc(-n2c(C)cc(/C=N\NC(=O)c3ccco3)c2C)c1. The summed E-state index contributed by atoms with van der Waals surface area (Å²) in [6.45, 7) is 6.01. The molecule has 0 saturated heterocycles. The van der Waals surface area contributed by atoms with E-state index in [4.69, 9.17) is 9.15 Å². The number of esters is 1. The Morgan fingerprint density at radius 3 is 2.75 bits per heavy atom. The van der Waals surface area contributed by atoms with Crippen molar-refractivity contribution in [3.8, 4) is 5.69 Å². The van der Waals surface area contributed by atoms with Gasteiger partial charge in [-0.15, -0.1) is 0 Å². The number of benzene rings is 1. The summed E-state index contributed by atoms with van der Waals surface area (Å²) in [6.07, 6.45) is 3.01.